The molecule has 1 saturated heterocycles. The quantitative estimate of drug-likeness (QED) is 0.395. The van der Waals surface area contributed by atoms with E-state index in [4.69, 9.17) is 15.3 Å². The first-order valence-electron chi connectivity index (χ1n) is 8.49. The van der Waals surface area contributed by atoms with Gasteiger partial charge in [-0.15, -0.1) is 0 Å². The van der Waals surface area contributed by atoms with Crippen LogP contribution in [0.25, 0.3) is 0 Å². The summed E-state index contributed by atoms with van der Waals surface area (Å²) in [7, 11) is 0. The van der Waals surface area contributed by atoms with Crippen LogP contribution in [-0.2, 0) is 19.1 Å². The van der Waals surface area contributed by atoms with Crippen molar-refractivity contribution in [2.45, 2.75) is 26.4 Å². The fraction of sp³-hybridized carbons (Fsp3) is 0.389. The van der Waals surface area contributed by atoms with Crippen LogP contribution in [0.5, 0.6) is 0 Å². The van der Waals surface area contributed by atoms with Gasteiger partial charge in [-0.2, -0.15) is 0 Å². The maximum Gasteiger partial charge on any atom is 0.413 e. The highest BCUT2D eigenvalue weighted by atomic mass is 16.6. The lowest BCUT2D eigenvalue weighted by atomic mass is 10.1. The number of carboxylic acids is 1. The highest BCUT2D eigenvalue weighted by Crippen LogP contribution is 2.19. The lowest BCUT2D eigenvalue weighted by molar-refractivity contribution is -0.150. The Balaban J connectivity index is 2.03. The molecule has 1 aliphatic rings. The van der Waals surface area contributed by atoms with Crippen LogP contribution in [0.3, 0.4) is 0 Å². The molecule has 0 bridgehead atoms. The van der Waals surface area contributed by atoms with Crippen molar-refractivity contribution in [2.24, 2.45) is 0 Å². The molecule has 1 fully saturated rings. The molecule has 0 aliphatic carbocycles. The van der Waals surface area contributed by atoms with Gasteiger partial charge >= 0.3 is 23.9 Å². The Hall–Kier alpha value is -3.43. The Bertz CT molecular complexity index is 812. The summed E-state index contributed by atoms with van der Waals surface area (Å²) in [5, 5.41) is 19.0. The number of alkyl carbamates (subject to hydrolysis) is 1. The van der Waals surface area contributed by atoms with E-state index in [9.17, 15) is 19.2 Å². The van der Waals surface area contributed by atoms with Crippen LogP contribution in [0.2, 0.25) is 0 Å². The number of amides is 3. The number of nitrogens with zero attached hydrogens (tertiary/aromatic N) is 2. The number of carboxylic acid groups (broad SMARTS) is 1. The third-order valence-electron chi connectivity index (χ3n) is 3.73. The predicted octanol–water partition coefficient (Wildman–Crippen LogP) is 0.796. The minimum Gasteiger partial charge on any atom is -0.480 e. The van der Waals surface area contributed by atoms with E-state index in [2.05, 4.69) is 5.32 Å². The van der Waals surface area contributed by atoms with E-state index in [-0.39, 0.29) is 18.9 Å². The Morgan fingerprint density at radius 2 is 1.75 bits per heavy atom. The van der Waals surface area contributed by atoms with E-state index in [0.29, 0.717) is 11.3 Å². The van der Waals surface area contributed by atoms with Gasteiger partial charge in [0.25, 0.3) is 0 Å². The zero-order valence-corrected chi connectivity index (χ0v) is 15.8. The van der Waals surface area contributed by atoms with Crippen molar-refractivity contribution in [1.29, 1.82) is 5.41 Å². The van der Waals surface area contributed by atoms with Gasteiger partial charge < -0.3 is 19.6 Å². The number of aliphatic carboxylic acids is 1. The number of hydrogen-bond donors (Lipinski definition) is 3. The fourth-order valence-electron chi connectivity index (χ4n) is 2.52. The van der Waals surface area contributed by atoms with Crippen LogP contribution < -0.4 is 10.2 Å². The summed E-state index contributed by atoms with van der Waals surface area (Å²) in [6.45, 7) is 4.86. The Kier molecular flexibility index (Phi) is 6.02. The van der Waals surface area contributed by atoms with Crippen molar-refractivity contribution < 1.29 is 29.0 Å². The first kappa shape index (κ1) is 20.9. The summed E-state index contributed by atoms with van der Waals surface area (Å²) in [4.78, 5) is 49.0. The first-order chi connectivity index (χ1) is 13.0. The molecule has 10 heteroatoms. The van der Waals surface area contributed by atoms with E-state index < -0.39 is 36.0 Å². The topological polar surface area (TPSA) is 140 Å². The summed E-state index contributed by atoms with van der Waals surface area (Å²) in [5.74, 6) is -3.05. The number of ether oxygens (including phenoxy) is 1. The third-order valence-corrected chi connectivity index (χ3v) is 3.73. The average molecular weight is 390 g/mol. The molecule has 1 aliphatic heterocycles. The van der Waals surface area contributed by atoms with Crippen LogP contribution in [-0.4, -0.2) is 65.0 Å². The molecule has 1 aromatic carbocycles. The van der Waals surface area contributed by atoms with Gasteiger partial charge in [-0.3, -0.25) is 25.1 Å². The Morgan fingerprint density at radius 3 is 2.29 bits per heavy atom. The van der Waals surface area contributed by atoms with Gasteiger partial charge in [0.15, 0.2) is 0 Å². The highest BCUT2D eigenvalue weighted by molar-refractivity contribution is 6.41. The molecule has 0 aromatic heterocycles. The molecule has 3 amide bonds. The molecule has 3 N–H and O–H groups in total. The second kappa shape index (κ2) is 8.07. The minimum atomic E-state index is -1.19. The normalized spacial score (nSPS) is 14.7. The van der Waals surface area contributed by atoms with Gasteiger partial charge in [-0.1, -0.05) is 0 Å². The first-order valence-corrected chi connectivity index (χ1v) is 8.49. The number of amidine groups is 1. The zero-order valence-electron chi connectivity index (χ0n) is 15.8. The number of carbonyl (C=O) groups excluding carboxylic acids is 3. The smallest absolute Gasteiger partial charge is 0.413 e. The lowest BCUT2D eigenvalue weighted by Crippen LogP contribution is -2.55. The number of anilines is 1. The number of rotatable bonds is 4. The number of carbonyl (C=O) groups is 4. The van der Waals surface area contributed by atoms with Crippen molar-refractivity contribution in [2.75, 3.05) is 24.5 Å². The molecule has 0 unspecified atom stereocenters. The number of benzene rings is 1. The molecule has 0 saturated carbocycles. The van der Waals surface area contributed by atoms with E-state index in [0.717, 1.165) is 4.90 Å². The third kappa shape index (κ3) is 5.29. The molecular weight excluding hydrogens is 368 g/mol. The molecule has 0 atom stereocenters. The van der Waals surface area contributed by atoms with Crippen LogP contribution in [0.4, 0.5) is 10.5 Å². The van der Waals surface area contributed by atoms with Crippen molar-refractivity contribution in [1.82, 2.24) is 10.2 Å². The maximum absolute atomic E-state index is 12.2. The standard InChI is InChI=1S/C18H22N4O6/c1-18(2,3)28-17(27)20-14(19)11-4-6-12(7-5-11)22-9-8-21(10-13(23)24)15(25)16(22)26/h4-7H,8-10H2,1-3H3,(H,23,24)(H2,19,20,27). The molecule has 0 spiro atoms. The molecule has 0 radical (unpaired) electrons. The zero-order chi connectivity index (χ0) is 21.1. The van der Waals surface area contributed by atoms with E-state index >= 15 is 0 Å². The Morgan fingerprint density at radius 1 is 1.14 bits per heavy atom. The minimum absolute atomic E-state index is 0.106. The number of piperazine rings is 1. The predicted molar refractivity (Wildman–Crippen MR) is 99.2 cm³/mol. The summed E-state index contributed by atoms with van der Waals surface area (Å²) in [6.07, 6.45) is -0.753. The SMILES string of the molecule is CC(C)(C)OC(=O)NC(=N)c1ccc(N2CCN(CC(=O)O)C(=O)C2=O)cc1. The monoisotopic (exact) mass is 390 g/mol. The van der Waals surface area contributed by atoms with E-state index in [1.54, 1.807) is 32.9 Å². The average Bonchev–Trinajstić information content (AvgIpc) is 2.57. The molecule has 150 valence electrons. The second-order valence-electron chi connectivity index (χ2n) is 7.13. The van der Waals surface area contributed by atoms with Crippen LogP contribution in [0, 0.1) is 5.41 Å². The molecule has 10 nitrogen and oxygen atoms in total. The molecule has 2 rings (SSSR count). The van der Waals surface area contributed by atoms with Gasteiger partial charge in [-0.25, -0.2) is 4.79 Å². The summed E-state index contributed by atoms with van der Waals surface area (Å²) < 4.78 is 5.08. The van der Waals surface area contributed by atoms with Crippen molar-refractivity contribution in [3.63, 3.8) is 0 Å². The van der Waals surface area contributed by atoms with Crippen LogP contribution in [0.1, 0.15) is 26.3 Å². The van der Waals surface area contributed by atoms with Crippen molar-refractivity contribution in [3.8, 4) is 0 Å². The largest absolute Gasteiger partial charge is 0.480 e. The maximum atomic E-state index is 12.2. The number of nitrogens with one attached hydrogen (secondary N) is 2. The van der Waals surface area contributed by atoms with Crippen LogP contribution in [0.15, 0.2) is 24.3 Å². The lowest BCUT2D eigenvalue weighted by Gasteiger charge is -2.32. The van der Waals surface area contributed by atoms with Gasteiger partial charge in [0.1, 0.15) is 18.0 Å². The van der Waals surface area contributed by atoms with Crippen molar-refractivity contribution >= 4 is 35.4 Å². The summed E-state index contributed by atoms with van der Waals surface area (Å²) >= 11 is 0. The van der Waals surface area contributed by atoms with Gasteiger partial charge in [0, 0.05) is 24.3 Å². The van der Waals surface area contributed by atoms with E-state index in [1.807, 2.05) is 0 Å². The summed E-state index contributed by atoms with van der Waals surface area (Å²) in [6, 6.07) is 6.13. The molecular formula is C18H22N4O6. The molecule has 1 aromatic rings. The highest BCUT2D eigenvalue weighted by Gasteiger charge is 2.34. The van der Waals surface area contributed by atoms with Gasteiger partial charge in [0.05, 0.1) is 0 Å². The molecule has 1 heterocycles. The van der Waals surface area contributed by atoms with Crippen molar-refractivity contribution in [3.05, 3.63) is 29.8 Å². The summed E-state index contributed by atoms with van der Waals surface area (Å²) in [5.41, 5.74) is 0.129. The van der Waals surface area contributed by atoms with Gasteiger partial charge in [0.2, 0.25) is 0 Å². The Labute approximate surface area is 161 Å². The number of hydrogen-bond acceptors (Lipinski definition) is 6. The molecule has 28 heavy (non-hydrogen) atoms. The van der Waals surface area contributed by atoms with E-state index in [1.165, 1.54) is 17.0 Å². The fourth-order valence-corrected chi connectivity index (χ4v) is 2.52. The van der Waals surface area contributed by atoms with Gasteiger partial charge in [-0.05, 0) is 45.0 Å². The van der Waals surface area contributed by atoms with Crippen LogP contribution >= 0.6 is 0 Å². The second-order valence-corrected chi connectivity index (χ2v) is 7.13.